The normalized spacial score (nSPS) is 19.6. The molecule has 1 aromatic rings. The molecule has 1 amide bonds. The largest absolute Gasteiger partial charge is 0.330 e. The number of nitrogens with one attached hydrogen (secondary N) is 1. The third-order valence-electron chi connectivity index (χ3n) is 3.74. The molecule has 0 bridgehead atoms. The molecular formula is C15H23N3O. The van der Waals surface area contributed by atoms with Crippen LogP contribution >= 0.6 is 0 Å². The molecule has 1 heterocycles. The molecule has 0 aliphatic carbocycles. The average Bonchev–Trinajstić information content (AvgIpc) is 2.81. The van der Waals surface area contributed by atoms with Gasteiger partial charge in [0.05, 0.1) is 6.54 Å². The van der Waals surface area contributed by atoms with Crippen LogP contribution in [0.5, 0.6) is 0 Å². The Bertz CT molecular complexity index is 459. The van der Waals surface area contributed by atoms with E-state index in [2.05, 4.69) is 16.3 Å². The molecule has 1 atom stereocenters. The van der Waals surface area contributed by atoms with E-state index in [4.69, 9.17) is 5.73 Å². The van der Waals surface area contributed by atoms with Gasteiger partial charge in [-0.3, -0.25) is 9.69 Å². The van der Waals surface area contributed by atoms with Crippen LogP contribution in [0.1, 0.15) is 17.5 Å². The third-order valence-corrected chi connectivity index (χ3v) is 3.74. The fraction of sp³-hybridized carbons (Fsp3) is 0.533. The van der Waals surface area contributed by atoms with Gasteiger partial charge in [-0.15, -0.1) is 0 Å². The van der Waals surface area contributed by atoms with Gasteiger partial charge in [0.15, 0.2) is 0 Å². The van der Waals surface area contributed by atoms with Crippen molar-refractivity contribution in [1.29, 1.82) is 0 Å². The van der Waals surface area contributed by atoms with Crippen molar-refractivity contribution in [3.8, 4) is 0 Å². The first-order valence-electron chi connectivity index (χ1n) is 6.88. The summed E-state index contributed by atoms with van der Waals surface area (Å²) in [5.41, 5.74) is 8.83. The lowest BCUT2D eigenvalue weighted by Gasteiger charge is -2.16. The van der Waals surface area contributed by atoms with Gasteiger partial charge < -0.3 is 11.1 Å². The minimum atomic E-state index is 0.0615. The number of amides is 1. The summed E-state index contributed by atoms with van der Waals surface area (Å²) in [5.74, 6) is 0.611. The topological polar surface area (TPSA) is 58.4 Å². The Hall–Kier alpha value is -1.39. The number of anilines is 1. The number of nitrogens with zero attached hydrogens (tertiary/aromatic N) is 1. The third kappa shape index (κ3) is 3.78. The van der Waals surface area contributed by atoms with E-state index in [0.717, 1.165) is 42.9 Å². The summed E-state index contributed by atoms with van der Waals surface area (Å²) in [6, 6.07) is 6.10. The van der Waals surface area contributed by atoms with Gasteiger partial charge >= 0.3 is 0 Å². The van der Waals surface area contributed by atoms with Crippen LogP contribution < -0.4 is 11.1 Å². The monoisotopic (exact) mass is 261 g/mol. The summed E-state index contributed by atoms with van der Waals surface area (Å²) >= 11 is 0. The molecule has 0 aromatic heterocycles. The van der Waals surface area contributed by atoms with E-state index in [1.807, 2.05) is 26.0 Å². The van der Waals surface area contributed by atoms with E-state index in [1.54, 1.807) is 0 Å². The second-order valence-corrected chi connectivity index (χ2v) is 5.49. The van der Waals surface area contributed by atoms with Crippen molar-refractivity contribution in [1.82, 2.24) is 4.90 Å². The molecule has 104 valence electrons. The predicted octanol–water partition coefficient (Wildman–Crippen LogP) is 1.52. The molecule has 0 radical (unpaired) electrons. The van der Waals surface area contributed by atoms with Gasteiger partial charge in [-0.1, -0.05) is 12.1 Å². The molecule has 1 saturated heterocycles. The van der Waals surface area contributed by atoms with Crippen molar-refractivity contribution < 1.29 is 4.79 Å². The average molecular weight is 261 g/mol. The lowest BCUT2D eigenvalue weighted by molar-refractivity contribution is -0.117. The van der Waals surface area contributed by atoms with E-state index in [9.17, 15) is 4.79 Å². The summed E-state index contributed by atoms with van der Waals surface area (Å²) in [4.78, 5) is 14.2. The number of carbonyl (C=O) groups excluding carboxylic acids is 1. The molecule has 2 rings (SSSR count). The van der Waals surface area contributed by atoms with Crippen molar-refractivity contribution in [3.05, 3.63) is 29.3 Å². The summed E-state index contributed by atoms with van der Waals surface area (Å²) in [7, 11) is 0. The second-order valence-electron chi connectivity index (χ2n) is 5.49. The molecule has 19 heavy (non-hydrogen) atoms. The van der Waals surface area contributed by atoms with Crippen molar-refractivity contribution in [2.75, 3.05) is 31.5 Å². The fourth-order valence-electron chi connectivity index (χ4n) is 2.51. The van der Waals surface area contributed by atoms with Crippen molar-refractivity contribution in [2.45, 2.75) is 20.3 Å². The van der Waals surface area contributed by atoms with E-state index >= 15 is 0 Å². The standard InChI is InChI=1S/C15H23N3O/c1-11-3-4-12(2)14(7-11)17-15(19)10-18-6-5-13(8-16)9-18/h3-4,7,13H,5-6,8-10,16H2,1-2H3,(H,17,19). The van der Waals surface area contributed by atoms with Crippen LogP contribution in [0.2, 0.25) is 0 Å². The predicted molar refractivity (Wildman–Crippen MR) is 78.1 cm³/mol. The molecule has 1 aromatic carbocycles. The number of aryl methyl sites for hydroxylation is 2. The smallest absolute Gasteiger partial charge is 0.238 e. The SMILES string of the molecule is Cc1ccc(C)c(NC(=O)CN2CCC(CN)C2)c1. The Morgan fingerprint density at radius 1 is 1.47 bits per heavy atom. The summed E-state index contributed by atoms with van der Waals surface area (Å²) < 4.78 is 0. The van der Waals surface area contributed by atoms with E-state index in [0.29, 0.717) is 12.5 Å². The number of hydrogen-bond acceptors (Lipinski definition) is 3. The molecule has 1 aliphatic heterocycles. The van der Waals surface area contributed by atoms with Gasteiger partial charge in [-0.2, -0.15) is 0 Å². The Balaban J connectivity index is 1.89. The fourth-order valence-corrected chi connectivity index (χ4v) is 2.51. The van der Waals surface area contributed by atoms with Crippen LogP contribution in [0.15, 0.2) is 18.2 Å². The highest BCUT2D eigenvalue weighted by Gasteiger charge is 2.22. The molecule has 1 fully saturated rings. The lowest BCUT2D eigenvalue weighted by atomic mass is 10.1. The first kappa shape index (κ1) is 14.0. The van der Waals surface area contributed by atoms with Crippen LogP contribution in [-0.2, 0) is 4.79 Å². The Morgan fingerprint density at radius 3 is 2.95 bits per heavy atom. The quantitative estimate of drug-likeness (QED) is 0.864. The summed E-state index contributed by atoms with van der Waals surface area (Å²) in [6.45, 7) is 7.13. The molecule has 1 unspecified atom stereocenters. The second kappa shape index (κ2) is 6.17. The van der Waals surface area contributed by atoms with Crippen LogP contribution in [0.3, 0.4) is 0 Å². The highest BCUT2D eigenvalue weighted by Crippen LogP contribution is 2.17. The first-order chi connectivity index (χ1) is 9.08. The van der Waals surface area contributed by atoms with Crippen LogP contribution in [0.4, 0.5) is 5.69 Å². The van der Waals surface area contributed by atoms with E-state index in [-0.39, 0.29) is 5.91 Å². The minimum absolute atomic E-state index is 0.0615. The van der Waals surface area contributed by atoms with E-state index in [1.165, 1.54) is 0 Å². The Morgan fingerprint density at radius 2 is 2.26 bits per heavy atom. The zero-order chi connectivity index (χ0) is 13.8. The number of carbonyl (C=O) groups is 1. The molecule has 4 heteroatoms. The van der Waals surface area contributed by atoms with Gasteiger partial charge in [0.25, 0.3) is 0 Å². The first-order valence-corrected chi connectivity index (χ1v) is 6.88. The van der Waals surface area contributed by atoms with Gasteiger partial charge in [-0.25, -0.2) is 0 Å². The van der Waals surface area contributed by atoms with Gasteiger partial charge in [0.1, 0.15) is 0 Å². The summed E-state index contributed by atoms with van der Waals surface area (Å²) in [6.07, 6.45) is 1.10. The van der Waals surface area contributed by atoms with Crippen molar-refractivity contribution in [3.63, 3.8) is 0 Å². The molecule has 0 spiro atoms. The number of benzene rings is 1. The van der Waals surface area contributed by atoms with Crippen LogP contribution in [0, 0.1) is 19.8 Å². The molecule has 3 N–H and O–H groups in total. The lowest BCUT2D eigenvalue weighted by Crippen LogP contribution is -2.32. The Labute approximate surface area is 115 Å². The maximum absolute atomic E-state index is 12.0. The zero-order valence-corrected chi connectivity index (χ0v) is 11.8. The highest BCUT2D eigenvalue weighted by atomic mass is 16.2. The molecule has 4 nitrogen and oxygen atoms in total. The van der Waals surface area contributed by atoms with Crippen LogP contribution in [0.25, 0.3) is 0 Å². The minimum Gasteiger partial charge on any atom is -0.330 e. The molecular weight excluding hydrogens is 238 g/mol. The van der Waals surface area contributed by atoms with Gasteiger partial charge in [0.2, 0.25) is 5.91 Å². The molecule has 1 aliphatic rings. The zero-order valence-electron chi connectivity index (χ0n) is 11.8. The maximum Gasteiger partial charge on any atom is 0.238 e. The van der Waals surface area contributed by atoms with E-state index < -0.39 is 0 Å². The highest BCUT2D eigenvalue weighted by molar-refractivity contribution is 5.93. The van der Waals surface area contributed by atoms with Gasteiger partial charge in [0, 0.05) is 12.2 Å². The number of nitrogens with two attached hydrogens (primary N) is 1. The number of hydrogen-bond donors (Lipinski definition) is 2. The molecule has 0 saturated carbocycles. The van der Waals surface area contributed by atoms with Crippen molar-refractivity contribution in [2.24, 2.45) is 11.7 Å². The summed E-state index contributed by atoms with van der Waals surface area (Å²) in [5, 5.41) is 3.00. The van der Waals surface area contributed by atoms with Crippen molar-refractivity contribution >= 4 is 11.6 Å². The van der Waals surface area contributed by atoms with Crippen LogP contribution in [-0.4, -0.2) is 37.0 Å². The number of rotatable bonds is 4. The van der Waals surface area contributed by atoms with Gasteiger partial charge in [-0.05, 0) is 56.5 Å². The Kier molecular flexibility index (Phi) is 4.56. The number of likely N-dealkylation sites (tertiary alicyclic amines) is 1. The maximum atomic E-state index is 12.0.